The van der Waals surface area contributed by atoms with Crippen molar-refractivity contribution >= 4 is 11.6 Å². The van der Waals surface area contributed by atoms with Crippen molar-refractivity contribution in [1.82, 2.24) is 4.90 Å². The first-order valence-corrected chi connectivity index (χ1v) is 6.85. The number of carbonyl (C=O) groups is 1. The third-order valence-corrected chi connectivity index (χ3v) is 3.42. The number of hydrogen-bond donors (Lipinski definition) is 1. The van der Waals surface area contributed by atoms with Gasteiger partial charge in [0.1, 0.15) is 0 Å². The van der Waals surface area contributed by atoms with Crippen molar-refractivity contribution in [3.63, 3.8) is 0 Å². The van der Waals surface area contributed by atoms with E-state index in [1.807, 2.05) is 31.3 Å². The van der Waals surface area contributed by atoms with Gasteiger partial charge in [-0.3, -0.25) is 4.79 Å². The SMILES string of the molecule is CCCCN(C(=O)c1ccc(NC)cc1)C1CC1. The standard InChI is InChI=1S/C15H22N2O/c1-3-4-11-17(14-9-10-14)15(18)12-5-7-13(16-2)8-6-12/h5-8,14,16H,3-4,9-11H2,1-2H3. The van der Waals surface area contributed by atoms with E-state index < -0.39 is 0 Å². The summed E-state index contributed by atoms with van der Waals surface area (Å²) in [7, 11) is 1.88. The van der Waals surface area contributed by atoms with Crippen LogP contribution in [0.25, 0.3) is 0 Å². The number of rotatable bonds is 6. The van der Waals surface area contributed by atoms with Crippen LogP contribution in [0.15, 0.2) is 24.3 Å². The fraction of sp³-hybridized carbons (Fsp3) is 0.533. The topological polar surface area (TPSA) is 32.3 Å². The summed E-state index contributed by atoms with van der Waals surface area (Å²) >= 11 is 0. The van der Waals surface area contributed by atoms with E-state index in [1.54, 1.807) is 0 Å². The molecule has 1 saturated carbocycles. The second kappa shape index (κ2) is 5.89. The van der Waals surface area contributed by atoms with Crippen molar-refractivity contribution in [3.8, 4) is 0 Å². The quantitative estimate of drug-likeness (QED) is 0.836. The Morgan fingerprint density at radius 1 is 1.33 bits per heavy atom. The Bertz CT molecular complexity index is 395. The van der Waals surface area contributed by atoms with E-state index in [2.05, 4.69) is 17.1 Å². The highest BCUT2D eigenvalue weighted by Crippen LogP contribution is 2.28. The summed E-state index contributed by atoms with van der Waals surface area (Å²) in [5.74, 6) is 0.189. The lowest BCUT2D eigenvalue weighted by Gasteiger charge is -2.22. The molecule has 1 amide bonds. The molecule has 1 aliphatic carbocycles. The third-order valence-electron chi connectivity index (χ3n) is 3.42. The smallest absolute Gasteiger partial charge is 0.254 e. The van der Waals surface area contributed by atoms with E-state index in [-0.39, 0.29) is 5.91 Å². The molecule has 18 heavy (non-hydrogen) atoms. The second-order valence-corrected chi connectivity index (χ2v) is 4.91. The molecule has 1 aliphatic rings. The minimum Gasteiger partial charge on any atom is -0.388 e. The number of amides is 1. The lowest BCUT2D eigenvalue weighted by atomic mass is 10.1. The number of nitrogens with one attached hydrogen (secondary N) is 1. The van der Waals surface area contributed by atoms with Gasteiger partial charge in [-0.2, -0.15) is 0 Å². The van der Waals surface area contributed by atoms with Gasteiger partial charge in [0.15, 0.2) is 0 Å². The van der Waals surface area contributed by atoms with E-state index in [0.29, 0.717) is 6.04 Å². The number of hydrogen-bond acceptors (Lipinski definition) is 2. The van der Waals surface area contributed by atoms with Crippen molar-refractivity contribution in [3.05, 3.63) is 29.8 Å². The van der Waals surface area contributed by atoms with Crippen LogP contribution in [0, 0.1) is 0 Å². The van der Waals surface area contributed by atoms with Gasteiger partial charge in [0, 0.05) is 30.9 Å². The molecule has 2 rings (SSSR count). The monoisotopic (exact) mass is 246 g/mol. The molecular weight excluding hydrogens is 224 g/mol. The summed E-state index contributed by atoms with van der Waals surface area (Å²) in [5.41, 5.74) is 1.84. The summed E-state index contributed by atoms with van der Waals surface area (Å²) in [6, 6.07) is 8.23. The van der Waals surface area contributed by atoms with Crippen LogP contribution in [0.3, 0.4) is 0 Å². The highest BCUT2D eigenvalue weighted by atomic mass is 16.2. The number of benzene rings is 1. The maximum Gasteiger partial charge on any atom is 0.254 e. The fourth-order valence-corrected chi connectivity index (χ4v) is 2.11. The summed E-state index contributed by atoms with van der Waals surface area (Å²) in [6.07, 6.45) is 4.57. The van der Waals surface area contributed by atoms with Crippen LogP contribution in [0.2, 0.25) is 0 Å². The van der Waals surface area contributed by atoms with Gasteiger partial charge < -0.3 is 10.2 Å². The van der Waals surface area contributed by atoms with Crippen LogP contribution in [0.1, 0.15) is 43.0 Å². The van der Waals surface area contributed by atoms with Crippen LogP contribution in [-0.4, -0.2) is 30.4 Å². The second-order valence-electron chi connectivity index (χ2n) is 4.91. The molecule has 3 nitrogen and oxygen atoms in total. The maximum absolute atomic E-state index is 12.4. The summed E-state index contributed by atoms with van der Waals surface area (Å²) in [5, 5.41) is 3.07. The molecule has 0 atom stereocenters. The predicted octanol–water partition coefficient (Wildman–Crippen LogP) is 3.13. The lowest BCUT2D eigenvalue weighted by molar-refractivity contribution is 0.0741. The predicted molar refractivity (Wildman–Crippen MR) is 75.0 cm³/mol. The van der Waals surface area contributed by atoms with Crippen LogP contribution in [0.4, 0.5) is 5.69 Å². The van der Waals surface area contributed by atoms with Gasteiger partial charge in [-0.25, -0.2) is 0 Å². The molecule has 1 fully saturated rings. The first kappa shape index (κ1) is 12.9. The zero-order valence-corrected chi connectivity index (χ0v) is 11.3. The molecule has 0 aliphatic heterocycles. The molecular formula is C15H22N2O. The van der Waals surface area contributed by atoms with Crippen molar-refractivity contribution in [2.75, 3.05) is 18.9 Å². The van der Waals surface area contributed by atoms with Crippen LogP contribution >= 0.6 is 0 Å². The molecule has 0 saturated heterocycles. The molecule has 0 spiro atoms. The van der Waals surface area contributed by atoms with E-state index in [0.717, 1.165) is 30.6 Å². The van der Waals surface area contributed by atoms with Gasteiger partial charge >= 0.3 is 0 Å². The fourth-order valence-electron chi connectivity index (χ4n) is 2.11. The van der Waals surface area contributed by atoms with E-state index in [4.69, 9.17) is 0 Å². The summed E-state index contributed by atoms with van der Waals surface area (Å²) in [4.78, 5) is 14.5. The Hall–Kier alpha value is -1.51. The number of carbonyl (C=O) groups excluding carboxylic acids is 1. The van der Waals surface area contributed by atoms with Crippen molar-refractivity contribution < 1.29 is 4.79 Å². The molecule has 98 valence electrons. The van der Waals surface area contributed by atoms with E-state index in [1.165, 1.54) is 12.8 Å². The first-order chi connectivity index (χ1) is 8.76. The number of anilines is 1. The zero-order chi connectivity index (χ0) is 13.0. The van der Waals surface area contributed by atoms with Gasteiger partial charge in [0.25, 0.3) is 5.91 Å². The minimum absolute atomic E-state index is 0.189. The average Bonchev–Trinajstić information content (AvgIpc) is 3.24. The van der Waals surface area contributed by atoms with Gasteiger partial charge in [0.05, 0.1) is 0 Å². The molecule has 0 unspecified atom stereocenters. The Labute approximate surface area is 109 Å². The van der Waals surface area contributed by atoms with E-state index in [9.17, 15) is 4.79 Å². The average molecular weight is 246 g/mol. The Morgan fingerprint density at radius 2 is 2.00 bits per heavy atom. The van der Waals surface area contributed by atoms with E-state index >= 15 is 0 Å². The molecule has 3 heteroatoms. The molecule has 1 aromatic carbocycles. The Morgan fingerprint density at radius 3 is 2.50 bits per heavy atom. The largest absolute Gasteiger partial charge is 0.388 e. The molecule has 0 radical (unpaired) electrons. The van der Waals surface area contributed by atoms with Gasteiger partial charge in [0.2, 0.25) is 0 Å². The minimum atomic E-state index is 0.189. The first-order valence-electron chi connectivity index (χ1n) is 6.85. The molecule has 0 aromatic heterocycles. The molecule has 1 N–H and O–H groups in total. The van der Waals surface area contributed by atoms with Crippen LogP contribution < -0.4 is 5.32 Å². The van der Waals surface area contributed by atoms with Crippen LogP contribution in [0.5, 0.6) is 0 Å². The Kier molecular flexibility index (Phi) is 4.24. The molecule has 0 bridgehead atoms. The van der Waals surface area contributed by atoms with Crippen molar-refractivity contribution in [1.29, 1.82) is 0 Å². The lowest BCUT2D eigenvalue weighted by Crippen LogP contribution is -2.33. The number of unbranched alkanes of at least 4 members (excludes halogenated alkanes) is 1. The molecule has 1 aromatic rings. The van der Waals surface area contributed by atoms with Gasteiger partial charge in [-0.05, 0) is 43.5 Å². The highest BCUT2D eigenvalue weighted by molar-refractivity contribution is 5.95. The van der Waals surface area contributed by atoms with Crippen LogP contribution in [-0.2, 0) is 0 Å². The zero-order valence-electron chi connectivity index (χ0n) is 11.3. The molecule has 0 heterocycles. The van der Waals surface area contributed by atoms with Crippen molar-refractivity contribution in [2.45, 2.75) is 38.6 Å². The number of nitrogens with zero attached hydrogens (tertiary/aromatic N) is 1. The van der Waals surface area contributed by atoms with Gasteiger partial charge in [-0.1, -0.05) is 13.3 Å². The summed E-state index contributed by atoms with van der Waals surface area (Å²) < 4.78 is 0. The van der Waals surface area contributed by atoms with Gasteiger partial charge in [-0.15, -0.1) is 0 Å². The summed E-state index contributed by atoms with van der Waals surface area (Å²) in [6.45, 7) is 3.06. The Balaban J connectivity index is 2.06. The maximum atomic E-state index is 12.4. The van der Waals surface area contributed by atoms with Crippen molar-refractivity contribution in [2.24, 2.45) is 0 Å². The normalized spacial score (nSPS) is 14.3. The highest BCUT2D eigenvalue weighted by Gasteiger charge is 2.32. The third kappa shape index (κ3) is 3.03.